The lowest BCUT2D eigenvalue weighted by atomic mass is 9.99. The van der Waals surface area contributed by atoms with Crippen molar-refractivity contribution in [2.24, 2.45) is 0 Å². The van der Waals surface area contributed by atoms with Crippen molar-refractivity contribution in [1.29, 1.82) is 0 Å². The fourth-order valence-electron chi connectivity index (χ4n) is 3.06. The maximum atomic E-state index is 13.0. The molecule has 0 saturated carbocycles. The van der Waals surface area contributed by atoms with Crippen LogP contribution in [0.15, 0.2) is 27.8 Å². The van der Waals surface area contributed by atoms with Gasteiger partial charge in [-0.2, -0.15) is 0 Å². The number of aryl methyl sites for hydroxylation is 3. The fraction of sp³-hybridized carbons (Fsp3) is 0.316. The summed E-state index contributed by atoms with van der Waals surface area (Å²) in [5.74, 6) is -0.947. The number of carboxylic acids is 1. The van der Waals surface area contributed by atoms with Gasteiger partial charge in [0.25, 0.3) is 5.56 Å². The number of nitrogens with zero attached hydrogens (tertiary/aromatic N) is 1. The number of H-pyrrole nitrogens is 1. The Balaban J connectivity index is 2.20. The molecule has 0 atom stereocenters. The number of aromatic nitrogens is 2. The topological polar surface area (TPSA) is 92.2 Å². The number of hydrogen-bond donors (Lipinski definition) is 2. The molecule has 0 aliphatic rings. The molecular weight excluding hydrogens is 352 g/mol. The third-order valence-electron chi connectivity index (χ3n) is 4.58. The number of carbonyl (C=O) groups is 1. The minimum Gasteiger partial charge on any atom is -0.481 e. The van der Waals surface area contributed by atoms with Crippen molar-refractivity contribution in [2.45, 2.75) is 40.2 Å². The van der Waals surface area contributed by atoms with Crippen molar-refractivity contribution in [1.82, 2.24) is 9.55 Å². The van der Waals surface area contributed by atoms with Crippen molar-refractivity contribution < 1.29 is 9.90 Å². The molecule has 6 nitrogen and oxygen atoms in total. The first kappa shape index (κ1) is 18.1. The Labute approximate surface area is 153 Å². The predicted octanol–water partition coefficient (Wildman–Crippen LogP) is 3.21. The van der Waals surface area contributed by atoms with Crippen LogP contribution < -0.4 is 11.2 Å². The Morgan fingerprint density at radius 2 is 1.92 bits per heavy atom. The number of fused-ring (bicyclic) bond motifs is 1. The Kier molecular flexibility index (Phi) is 4.82. The first-order valence-corrected chi connectivity index (χ1v) is 9.17. The van der Waals surface area contributed by atoms with Crippen LogP contribution in [0.2, 0.25) is 0 Å². The molecule has 1 aromatic carbocycles. The van der Waals surface area contributed by atoms with Gasteiger partial charge < -0.3 is 5.11 Å². The summed E-state index contributed by atoms with van der Waals surface area (Å²) in [7, 11) is 0. The summed E-state index contributed by atoms with van der Waals surface area (Å²) in [4.78, 5) is 40.2. The molecular formula is C19H20N2O4S. The van der Waals surface area contributed by atoms with Crippen LogP contribution in [0.5, 0.6) is 0 Å². The molecule has 0 aliphatic carbocycles. The number of thiophene rings is 1. The van der Waals surface area contributed by atoms with Crippen LogP contribution in [-0.4, -0.2) is 20.6 Å². The smallest absolute Gasteiger partial charge is 0.329 e. The molecule has 2 aromatic heterocycles. The monoisotopic (exact) mass is 372 g/mol. The molecule has 0 aliphatic heterocycles. The molecule has 0 amide bonds. The predicted molar refractivity (Wildman–Crippen MR) is 103 cm³/mol. The number of nitrogens with one attached hydrogen (secondary N) is 1. The van der Waals surface area contributed by atoms with Crippen molar-refractivity contribution >= 4 is 27.5 Å². The van der Waals surface area contributed by atoms with E-state index in [1.807, 2.05) is 39.0 Å². The van der Waals surface area contributed by atoms with Gasteiger partial charge in [-0.15, -0.1) is 11.3 Å². The lowest BCUT2D eigenvalue weighted by Gasteiger charge is -2.07. The zero-order chi connectivity index (χ0) is 19.0. The van der Waals surface area contributed by atoms with E-state index in [1.165, 1.54) is 16.9 Å². The fourth-order valence-corrected chi connectivity index (χ4v) is 4.12. The number of hydrogen-bond acceptors (Lipinski definition) is 4. The highest BCUT2D eigenvalue weighted by atomic mass is 32.1. The number of benzene rings is 1. The molecule has 7 heteroatoms. The average Bonchev–Trinajstić information content (AvgIpc) is 2.89. The van der Waals surface area contributed by atoms with Gasteiger partial charge in [0.15, 0.2) is 0 Å². The van der Waals surface area contributed by atoms with Gasteiger partial charge in [0.2, 0.25) is 0 Å². The second kappa shape index (κ2) is 6.92. The zero-order valence-electron chi connectivity index (χ0n) is 14.9. The third-order valence-corrected chi connectivity index (χ3v) is 5.60. The largest absolute Gasteiger partial charge is 0.481 e. The molecule has 0 unspecified atom stereocenters. The molecule has 0 saturated heterocycles. The molecule has 0 bridgehead atoms. The maximum absolute atomic E-state index is 13.0. The molecule has 3 aromatic rings. The molecule has 3 rings (SSSR count). The second-order valence-corrected chi connectivity index (χ2v) is 7.65. The Bertz CT molecular complexity index is 1120. The van der Waals surface area contributed by atoms with Crippen molar-refractivity contribution in [3.05, 3.63) is 55.0 Å². The van der Waals surface area contributed by atoms with Gasteiger partial charge >= 0.3 is 11.7 Å². The maximum Gasteiger partial charge on any atom is 0.329 e. The van der Waals surface area contributed by atoms with Gasteiger partial charge in [-0.1, -0.05) is 18.2 Å². The standard InChI is InChI=1S/C19H20N2O4S/c1-10-6-7-13(9-11(10)2)15-12(3)26-17-16(15)18(24)21(19(25)20-17)8-4-5-14(22)23/h6-7,9H,4-5,8H2,1-3H3,(H,20,25)(H,22,23). The number of rotatable bonds is 5. The molecule has 136 valence electrons. The third kappa shape index (κ3) is 3.22. The van der Waals surface area contributed by atoms with E-state index in [1.54, 1.807) is 0 Å². The first-order valence-electron chi connectivity index (χ1n) is 8.35. The van der Waals surface area contributed by atoms with Crippen LogP contribution in [0, 0.1) is 20.8 Å². The van der Waals surface area contributed by atoms with Gasteiger partial charge in [0.1, 0.15) is 4.83 Å². The van der Waals surface area contributed by atoms with Crippen LogP contribution in [0.4, 0.5) is 0 Å². The number of carboxylic acid groups (broad SMARTS) is 1. The molecule has 2 N–H and O–H groups in total. The van der Waals surface area contributed by atoms with E-state index in [4.69, 9.17) is 5.11 Å². The Morgan fingerprint density at radius 3 is 2.58 bits per heavy atom. The lowest BCUT2D eigenvalue weighted by Crippen LogP contribution is -2.35. The highest BCUT2D eigenvalue weighted by molar-refractivity contribution is 7.19. The SMILES string of the molecule is Cc1ccc(-c2c(C)sc3[nH]c(=O)n(CCCC(=O)O)c(=O)c23)cc1C. The average molecular weight is 372 g/mol. The first-order chi connectivity index (χ1) is 12.3. The lowest BCUT2D eigenvalue weighted by molar-refractivity contribution is -0.137. The van der Waals surface area contributed by atoms with Crippen molar-refractivity contribution in [2.75, 3.05) is 0 Å². The molecule has 0 fully saturated rings. The van der Waals surface area contributed by atoms with Crippen LogP contribution in [0.3, 0.4) is 0 Å². The Morgan fingerprint density at radius 1 is 1.19 bits per heavy atom. The van der Waals surface area contributed by atoms with Gasteiger partial charge in [0, 0.05) is 23.4 Å². The molecule has 26 heavy (non-hydrogen) atoms. The van der Waals surface area contributed by atoms with Gasteiger partial charge in [0.05, 0.1) is 5.39 Å². The molecule has 0 radical (unpaired) electrons. The second-order valence-electron chi connectivity index (χ2n) is 6.42. The summed E-state index contributed by atoms with van der Waals surface area (Å²) >= 11 is 1.39. The van der Waals surface area contributed by atoms with E-state index in [0.717, 1.165) is 26.1 Å². The minimum absolute atomic E-state index is 0.0810. The van der Waals surface area contributed by atoms with E-state index in [2.05, 4.69) is 4.98 Å². The molecule has 2 heterocycles. The van der Waals surface area contributed by atoms with Crippen LogP contribution in [0.1, 0.15) is 28.8 Å². The summed E-state index contributed by atoms with van der Waals surface area (Å²) in [5, 5.41) is 9.27. The summed E-state index contributed by atoms with van der Waals surface area (Å²) in [6.07, 6.45) is 0.141. The highest BCUT2D eigenvalue weighted by Gasteiger charge is 2.18. The van der Waals surface area contributed by atoms with E-state index in [0.29, 0.717) is 10.2 Å². The Hall–Kier alpha value is -2.67. The summed E-state index contributed by atoms with van der Waals surface area (Å²) in [5.41, 5.74) is 3.21. The van der Waals surface area contributed by atoms with E-state index >= 15 is 0 Å². The number of aliphatic carboxylic acids is 1. The minimum atomic E-state index is -0.947. The van der Waals surface area contributed by atoms with E-state index in [-0.39, 0.29) is 24.9 Å². The van der Waals surface area contributed by atoms with Crippen LogP contribution in [-0.2, 0) is 11.3 Å². The van der Waals surface area contributed by atoms with Gasteiger partial charge in [-0.05, 0) is 43.9 Å². The van der Waals surface area contributed by atoms with Crippen molar-refractivity contribution in [3.8, 4) is 11.1 Å². The van der Waals surface area contributed by atoms with E-state index < -0.39 is 11.7 Å². The van der Waals surface area contributed by atoms with E-state index in [9.17, 15) is 14.4 Å². The normalized spacial score (nSPS) is 11.2. The van der Waals surface area contributed by atoms with Crippen LogP contribution in [0.25, 0.3) is 21.3 Å². The van der Waals surface area contributed by atoms with Gasteiger partial charge in [-0.3, -0.25) is 19.1 Å². The van der Waals surface area contributed by atoms with Crippen molar-refractivity contribution in [3.63, 3.8) is 0 Å². The quantitative estimate of drug-likeness (QED) is 0.719. The highest BCUT2D eigenvalue weighted by Crippen LogP contribution is 2.35. The summed E-state index contributed by atoms with van der Waals surface area (Å²) in [6, 6.07) is 6.05. The number of aromatic amines is 1. The summed E-state index contributed by atoms with van der Waals surface area (Å²) < 4.78 is 1.10. The molecule has 0 spiro atoms. The summed E-state index contributed by atoms with van der Waals surface area (Å²) in [6.45, 7) is 6.07. The van der Waals surface area contributed by atoms with Gasteiger partial charge in [-0.25, -0.2) is 4.79 Å². The van der Waals surface area contributed by atoms with Crippen LogP contribution >= 0.6 is 11.3 Å². The zero-order valence-corrected chi connectivity index (χ0v) is 15.7.